The number of hydrogen-bond acceptors (Lipinski definition) is 9. The van der Waals surface area contributed by atoms with E-state index in [-0.39, 0.29) is 5.95 Å². The fourth-order valence-electron chi connectivity index (χ4n) is 5.13. The number of benzene rings is 2. The van der Waals surface area contributed by atoms with Crippen molar-refractivity contribution in [2.75, 3.05) is 35.3 Å². The Balaban J connectivity index is 1.41. The van der Waals surface area contributed by atoms with E-state index in [9.17, 15) is 10.5 Å². The number of nitrogens with one attached hydrogen (secondary N) is 1. The fourth-order valence-corrected chi connectivity index (χ4v) is 5.41. The van der Waals surface area contributed by atoms with Crippen LogP contribution in [0, 0.1) is 22.7 Å². The quantitative estimate of drug-likeness (QED) is 0.304. The van der Waals surface area contributed by atoms with Crippen LogP contribution in [0.4, 0.5) is 23.1 Å². The molecule has 0 spiro atoms. The van der Waals surface area contributed by atoms with Crippen molar-refractivity contribution >= 4 is 40.4 Å². The Bertz CT molecular complexity index is 1630. The summed E-state index contributed by atoms with van der Waals surface area (Å²) in [5.74, 6) is 1.69. The number of aromatic nitrogens is 4. The average molecular weight is 554 g/mol. The maximum absolute atomic E-state index is 9.75. The maximum atomic E-state index is 9.75. The van der Waals surface area contributed by atoms with Gasteiger partial charge >= 0.3 is 0 Å². The van der Waals surface area contributed by atoms with Gasteiger partial charge in [0.1, 0.15) is 11.8 Å². The van der Waals surface area contributed by atoms with E-state index >= 15 is 0 Å². The van der Waals surface area contributed by atoms with E-state index in [1.807, 2.05) is 30.3 Å². The molecule has 1 N–H and O–H groups in total. The number of nitriles is 2. The van der Waals surface area contributed by atoms with Gasteiger partial charge in [-0.25, -0.2) is 4.98 Å². The zero-order valence-electron chi connectivity index (χ0n) is 22.1. The Hall–Kier alpha value is -4.54. The topological polar surface area (TPSA) is 118 Å². The van der Waals surface area contributed by atoms with Crippen molar-refractivity contribution < 1.29 is 4.74 Å². The number of anilines is 4. The Morgan fingerprint density at radius 2 is 1.88 bits per heavy atom. The van der Waals surface area contributed by atoms with E-state index < -0.39 is 0 Å². The van der Waals surface area contributed by atoms with Crippen LogP contribution in [-0.4, -0.2) is 45.8 Å². The molecule has 40 heavy (non-hydrogen) atoms. The van der Waals surface area contributed by atoms with Gasteiger partial charge in [0.2, 0.25) is 5.95 Å². The van der Waals surface area contributed by atoms with Crippen molar-refractivity contribution in [3.05, 3.63) is 64.4 Å². The Morgan fingerprint density at radius 3 is 2.55 bits per heavy atom. The molecule has 0 atom stereocenters. The van der Waals surface area contributed by atoms with Crippen molar-refractivity contribution in [1.82, 2.24) is 19.6 Å². The van der Waals surface area contributed by atoms with Crippen molar-refractivity contribution in [2.24, 2.45) is 0 Å². The van der Waals surface area contributed by atoms with E-state index in [1.165, 1.54) is 17.1 Å². The van der Waals surface area contributed by atoms with Gasteiger partial charge in [-0.05, 0) is 61.9 Å². The summed E-state index contributed by atoms with van der Waals surface area (Å²) in [7, 11) is 1.65. The van der Waals surface area contributed by atoms with Gasteiger partial charge in [-0.2, -0.15) is 20.0 Å². The van der Waals surface area contributed by atoms with Crippen molar-refractivity contribution in [3.63, 3.8) is 0 Å². The SMILES string of the molecule is COc1ccc(CN(c2nc(Nc3cc(C#N)cc(N4CCCCC4)c3Cl)nn3c(C#N)cnc23)C2CC2)cc1. The first-order chi connectivity index (χ1) is 19.6. The summed E-state index contributed by atoms with van der Waals surface area (Å²) in [6.07, 6.45) is 6.94. The summed E-state index contributed by atoms with van der Waals surface area (Å²) in [5, 5.41) is 27.9. The number of fused-ring (bicyclic) bond motifs is 1. The van der Waals surface area contributed by atoms with Gasteiger partial charge in [0.15, 0.2) is 17.2 Å². The molecular weight excluding hydrogens is 526 g/mol. The van der Waals surface area contributed by atoms with Gasteiger partial charge in [-0.1, -0.05) is 23.7 Å². The smallest absolute Gasteiger partial charge is 0.247 e. The van der Waals surface area contributed by atoms with Gasteiger partial charge in [0.05, 0.1) is 41.3 Å². The van der Waals surface area contributed by atoms with E-state index in [0.717, 1.165) is 55.8 Å². The minimum atomic E-state index is 0.263. The largest absolute Gasteiger partial charge is 0.497 e. The molecular formula is C29H28ClN9O. The van der Waals surface area contributed by atoms with E-state index in [0.29, 0.717) is 46.0 Å². The summed E-state index contributed by atoms with van der Waals surface area (Å²) in [6.45, 7) is 2.39. The number of piperidine rings is 1. The fraction of sp³-hybridized carbons (Fsp3) is 0.345. The number of imidazole rings is 1. The van der Waals surface area contributed by atoms with Gasteiger partial charge in [0.25, 0.3) is 0 Å². The molecule has 1 saturated heterocycles. The zero-order valence-corrected chi connectivity index (χ0v) is 22.9. The molecule has 10 nitrogen and oxygen atoms in total. The van der Waals surface area contributed by atoms with Crippen LogP contribution in [0.1, 0.15) is 48.9 Å². The minimum Gasteiger partial charge on any atom is -0.497 e. The molecule has 0 radical (unpaired) electrons. The Morgan fingerprint density at radius 1 is 1.10 bits per heavy atom. The van der Waals surface area contributed by atoms with Crippen LogP contribution in [0.25, 0.3) is 5.65 Å². The first-order valence-corrected chi connectivity index (χ1v) is 13.8. The molecule has 1 aliphatic carbocycles. The molecule has 2 aromatic carbocycles. The van der Waals surface area contributed by atoms with E-state index in [1.54, 1.807) is 13.2 Å². The molecule has 1 aliphatic heterocycles. The van der Waals surface area contributed by atoms with Crippen LogP contribution in [-0.2, 0) is 6.54 Å². The molecule has 2 fully saturated rings. The molecule has 1 saturated carbocycles. The summed E-state index contributed by atoms with van der Waals surface area (Å²) in [4.78, 5) is 13.8. The maximum Gasteiger partial charge on any atom is 0.247 e. The predicted octanol–water partition coefficient (Wildman–Crippen LogP) is 5.43. The lowest BCUT2D eigenvalue weighted by Gasteiger charge is -2.30. The third kappa shape index (κ3) is 5.06. The number of ether oxygens (including phenoxy) is 1. The molecule has 6 rings (SSSR count). The number of hydrogen-bond donors (Lipinski definition) is 1. The molecule has 11 heteroatoms. The highest BCUT2D eigenvalue weighted by molar-refractivity contribution is 6.36. The van der Waals surface area contributed by atoms with Gasteiger partial charge in [-0.15, -0.1) is 5.10 Å². The summed E-state index contributed by atoms with van der Waals surface area (Å²) in [6, 6.07) is 16.2. The minimum absolute atomic E-state index is 0.263. The normalized spacial score (nSPS) is 14.9. The third-order valence-electron chi connectivity index (χ3n) is 7.36. The van der Waals surface area contributed by atoms with E-state index in [2.05, 4.69) is 37.3 Å². The summed E-state index contributed by atoms with van der Waals surface area (Å²) in [5.41, 5.74) is 3.76. The van der Waals surface area contributed by atoms with Crippen LogP contribution < -0.4 is 19.9 Å². The molecule has 0 unspecified atom stereocenters. The average Bonchev–Trinajstić information content (AvgIpc) is 3.76. The van der Waals surface area contributed by atoms with Crippen LogP contribution in [0.3, 0.4) is 0 Å². The Labute approximate surface area is 237 Å². The molecule has 2 aliphatic rings. The molecule has 2 aromatic heterocycles. The van der Waals surface area contributed by atoms with Gasteiger partial charge in [-0.3, -0.25) is 0 Å². The lowest BCUT2D eigenvalue weighted by Crippen LogP contribution is -2.29. The lowest BCUT2D eigenvalue weighted by molar-refractivity contribution is 0.414. The van der Waals surface area contributed by atoms with Crippen LogP contribution in [0.15, 0.2) is 42.6 Å². The molecule has 4 aromatic rings. The lowest BCUT2D eigenvalue weighted by atomic mass is 10.1. The first kappa shape index (κ1) is 25.7. The van der Waals surface area contributed by atoms with Crippen LogP contribution in [0.5, 0.6) is 5.75 Å². The highest BCUT2D eigenvalue weighted by Crippen LogP contribution is 2.38. The summed E-state index contributed by atoms with van der Waals surface area (Å²) < 4.78 is 6.83. The second-order valence-corrected chi connectivity index (χ2v) is 10.5. The van der Waals surface area contributed by atoms with Gasteiger partial charge in [0, 0.05) is 25.7 Å². The standard InChI is InChI=1S/C29H28ClN9O/c1-40-23-9-5-19(6-10-23)18-38(21-7-8-21)28-27-33-17-22(16-32)39(27)36-29(35-28)34-24-13-20(15-31)14-25(26(24)30)37-11-3-2-4-12-37/h5-6,9-10,13-14,17,21H,2-4,7-8,11-12,18H2,1H3,(H,34,36). The van der Waals surface area contributed by atoms with Crippen LogP contribution in [0.2, 0.25) is 5.02 Å². The number of methoxy groups -OCH3 is 1. The molecule has 3 heterocycles. The molecule has 0 bridgehead atoms. The number of rotatable bonds is 8. The van der Waals surface area contributed by atoms with Crippen molar-refractivity contribution in [2.45, 2.75) is 44.7 Å². The van der Waals surface area contributed by atoms with Crippen molar-refractivity contribution in [3.8, 4) is 17.9 Å². The third-order valence-corrected chi connectivity index (χ3v) is 7.75. The van der Waals surface area contributed by atoms with Gasteiger partial charge < -0.3 is 19.9 Å². The monoisotopic (exact) mass is 553 g/mol. The predicted molar refractivity (Wildman–Crippen MR) is 153 cm³/mol. The summed E-state index contributed by atoms with van der Waals surface area (Å²) >= 11 is 6.91. The molecule has 202 valence electrons. The zero-order chi connectivity index (χ0) is 27.6. The van der Waals surface area contributed by atoms with E-state index in [4.69, 9.17) is 21.3 Å². The highest BCUT2D eigenvalue weighted by Gasteiger charge is 2.33. The highest BCUT2D eigenvalue weighted by atomic mass is 35.5. The first-order valence-electron chi connectivity index (χ1n) is 13.4. The Kier molecular flexibility index (Phi) is 7.02. The molecule has 0 amide bonds. The second-order valence-electron chi connectivity index (χ2n) is 10.1. The number of nitrogens with zero attached hydrogens (tertiary/aromatic N) is 8. The number of halogens is 1. The van der Waals surface area contributed by atoms with Crippen molar-refractivity contribution in [1.29, 1.82) is 10.5 Å². The second kappa shape index (κ2) is 10.9. The van der Waals surface area contributed by atoms with Crippen LogP contribution >= 0.6 is 11.6 Å².